The SMILES string of the molecule is C.CC(C)C[C@@H](C(=O)N(C)[C@H](C(=O)O)C(C)C)N(C)C(=O)OC(C)(C)C.CC(C)C[C@@H](C(=O)N(C)[C@H](C(=O)OCc1ccccc1)C(C)C)N(C)C(=O)OC(C)(C)C.CO. The maximum atomic E-state index is 13.5. The van der Waals surface area contributed by atoms with Crippen LogP contribution in [0.4, 0.5) is 9.59 Å². The minimum atomic E-state index is -1.06. The van der Waals surface area contributed by atoms with Gasteiger partial charge in [-0.3, -0.25) is 19.4 Å². The van der Waals surface area contributed by atoms with E-state index in [1.807, 2.05) is 71.9 Å². The Bertz CT molecular complexity index is 1450. The quantitative estimate of drug-likeness (QED) is 0.124. The molecule has 0 aliphatic rings. The molecular formula is C45H82N4O11. The van der Waals surface area contributed by atoms with Crippen molar-refractivity contribution < 1.29 is 53.2 Å². The molecule has 0 aromatic heterocycles. The Balaban J connectivity index is -0.00000105. The Hall–Kier alpha value is -4.40. The van der Waals surface area contributed by atoms with Crippen LogP contribution in [-0.4, -0.2) is 136 Å². The van der Waals surface area contributed by atoms with Crippen molar-refractivity contribution in [2.24, 2.45) is 23.7 Å². The Morgan fingerprint density at radius 1 is 0.583 bits per heavy atom. The summed E-state index contributed by atoms with van der Waals surface area (Å²) in [6.07, 6.45) is -0.305. The number of esters is 1. The average molecular weight is 855 g/mol. The largest absolute Gasteiger partial charge is 0.480 e. The summed E-state index contributed by atoms with van der Waals surface area (Å²) in [5, 5.41) is 16.4. The molecule has 1 aromatic carbocycles. The highest BCUT2D eigenvalue weighted by atomic mass is 16.6. The lowest BCUT2D eigenvalue weighted by atomic mass is 9.98. The van der Waals surface area contributed by atoms with Gasteiger partial charge in [-0.15, -0.1) is 0 Å². The van der Waals surface area contributed by atoms with Gasteiger partial charge in [0, 0.05) is 35.3 Å². The summed E-state index contributed by atoms with van der Waals surface area (Å²) in [6, 6.07) is 6.15. The standard InChI is InChI=1S/C25H40N2O5.C18H34N2O5.CH4O.CH4/c1-17(2)15-20(26(8)24(30)32-25(5,6)7)22(28)27(9)21(18(3)4)23(29)31-16-19-13-11-10-12-14-19;1-11(2)10-13(19(8)17(24)25-18(5,6)7)15(21)20(9)14(12(3)4)16(22)23;1-2;/h10-14,17-18,20-21H,15-16H2,1-9H3;11-14H,10H2,1-9H3,(H,22,23);2H,1H3;1H4/t20-,21-;13-,14-;;/m00../s1. The Labute approximate surface area is 362 Å². The van der Waals surface area contributed by atoms with E-state index in [0.717, 1.165) is 12.7 Å². The first-order chi connectivity index (χ1) is 26.9. The van der Waals surface area contributed by atoms with Crippen molar-refractivity contribution in [3.8, 4) is 0 Å². The van der Waals surface area contributed by atoms with Crippen LogP contribution in [-0.2, 0) is 40.0 Å². The number of aliphatic carboxylic acids is 1. The Kier molecular flexibility index (Phi) is 27.4. The van der Waals surface area contributed by atoms with Crippen LogP contribution in [0.25, 0.3) is 0 Å². The van der Waals surface area contributed by atoms with Gasteiger partial charge in [-0.2, -0.15) is 0 Å². The lowest BCUT2D eigenvalue weighted by Gasteiger charge is -2.36. The molecular weight excluding hydrogens is 773 g/mol. The number of rotatable bonds is 16. The van der Waals surface area contributed by atoms with Gasteiger partial charge in [0.05, 0.1) is 0 Å². The van der Waals surface area contributed by atoms with Crippen molar-refractivity contribution in [2.75, 3.05) is 35.3 Å². The molecule has 0 bridgehead atoms. The van der Waals surface area contributed by atoms with Gasteiger partial charge < -0.3 is 34.2 Å². The molecule has 0 saturated carbocycles. The van der Waals surface area contributed by atoms with Gasteiger partial charge in [0.15, 0.2) is 0 Å². The number of carboxylic acid groups (broad SMARTS) is 1. The number of benzene rings is 1. The monoisotopic (exact) mass is 855 g/mol. The normalized spacial score (nSPS) is 13.2. The number of carboxylic acids is 1. The summed E-state index contributed by atoms with van der Waals surface area (Å²) in [5.74, 6) is -2.36. The zero-order valence-corrected chi connectivity index (χ0v) is 39.5. The summed E-state index contributed by atoms with van der Waals surface area (Å²) in [5.41, 5.74) is -0.478. The molecule has 15 heteroatoms. The van der Waals surface area contributed by atoms with Gasteiger partial charge in [0.25, 0.3) is 0 Å². The van der Waals surface area contributed by atoms with Crippen LogP contribution in [0.1, 0.15) is 123 Å². The van der Waals surface area contributed by atoms with Crippen molar-refractivity contribution in [3.05, 3.63) is 35.9 Å². The number of hydrogen-bond donors (Lipinski definition) is 2. The number of likely N-dealkylation sites (N-methyl/N-ethyl adjacent to an activating group) is 4. The van der Waals surface area contributed by atoms with E-state index in [4.69, 9.17) is 19.3 Å². The van der Waals surface area contributed by atoms with Crippen LogP contribution in [0.2, 0.25) is 0 Å². The predicted molar refractivity (Wildman–Crippen MR) is 236 cm³/mol. The molecule has 0 saturated heterocycles. The van der Waals surface area contributed by atoms with E-state index in [1.165, 1.54) is 33.7 Å². The maximum Gasteiger partial charge on any atom is 0.410 e. The maximum absolute atomic E-state index is 13.5. The number of hydrogen-bond acceptors (Lipinski definition) is 10. The molecule has 4 atom stereocenters. The van der Waals surface area contributed by atoms with Gasteiger partial charge in [0.2, 0.25) is 11.8 Å². The topological polar surface area (TPSA) is 184 Å². The van der Waals surface area contributed by atoms with Crippen LogP contribution in [0.5, 0.6) is 0 Å². The van der Waals surface area contributed by atoms with Crippen molar-refractivity contribution in [2.45, 2.75) is 159 Å². The number of carbonyl (C=O) groups is 6. The minimum Gasteiger partial charge on any atom is -0.480 e. The third-order valence-electron chi connectivity index (χ3n) is 8.77. The molecule has 1 rings (SSSR count). The van der Waals surface area contributed by atoms with E-state index in [0.29, 0.717) is 12.8 Å². The highest BCUT2D eigenvalue weighted by Gasteiger charge is 2.39. The second-order valence-electron chi connectivity index (χ2n) is 18.2. The summed E-state index contributed by atoms with van der Waals surface area (Å²) < 4.78 is 16.3. The lowest BCUT2D eigenvalue weighted by Crippen LogP contribution is -2.55. The van der Waals surface area contributed by atoms with Crippen LogP contribution in [0.3, 0.4) is 0 Å². The highest BCUT2D eigenvalue weighted by Crippen LogP contribution is 2.22. The molecule has 2 N–H and O–H groups in total. The minimum absolute atomic E-state index is 0. The molecule has 0 fully saturated rings. The third-order valence-corrected chi connectivity index (χ3v) is 8.77. The molecule has 0 radical (unpaired) electrons. The van der Waals surface area contributed by atoms with Gasteiger partial charge in [-0.25, -0.2) is 19.2 Å². The van der Waals surface area contributed by atoms with Crippen molar-refractivity contribution in [1.29, 1.82) is 0 Å². The summed E-state index contributed by atoms with van der Waals surface area (Å²) in [7, 11) is 7.13. The smallest absolute Gasteiger partial charge is 0.410 e. The van der Waals surface area contributed by atoms with E-state index in [-0.39, 0.29) is 43.6 Å². The Morgan fingerprint density at radius 2 is 0.917 bits per heavy atom. The molecule has 60 heavy (non-hydrogen) atoms. The van der Waals surface area contributed by atoms with Crippen molar-refractivity contribution in [3.63, 3.8) is 0 Å². The number of aliphatic hydroxyl groups excluding tert-OH is 1. The summed E-state index contributed by atoms with van der Waals surface area (Å²) in [6.45, 7) is 25.8. The first-order valence-electron chi connectivity index (χ1n) is 20.3. The molecule has 0 aliphatic heterocycles. The first kappa shape index (κ1) is 59.9. The Morgan fingerprint density at radius 3 is 1.20 bits per heavy atom. The van der Waals surface area contributed by atoms with E-state index < -0.39 is 65.4 Å². The molecule has 0 aliphatic carbocycles. The highest BCUT2D eigenvalue weighted by molar-refractivity contribution is 5.90. The molecule has 1 aromatic rings. The lowest BCUT2D eigenvalue weighted by molar-refractivity contribution is -0.158. The van der Waals surface area contributed by atoms with Gasteiger partial charge in [0.1, 0.15) is 42.0 Å². The van der Waals surface area contributed by atoms with Gasteiger partial charge in [-0.05, 0) is 83.6 Å². The zero-order chi connectivity index (χ0) is 46.7. The first-order valence-corrected chi connectivity index (χ1v) is 20.3. The second kappa shape index (κ2) is 27.4. The van der Waals surface area contributed by atoms with Gasteiger partial charge in [-0.1, -0.05) is 93.1 Å². The summed E-state index contributed by atoms with van der Waals surface area (Å²) in [4.78, 5) is 81.1. The number of amides is 4. The van der Waals surface area contributed by atoms with Crippen molar-refractivity contribution in [1.82, 2.24) is 19.6 Å². The molecule has 0 heterocycles. The summed E-state index contributed by atoms with van der Waals surface area (Å²) >= 11 is 0. The number of aliphatic hydroxyl groups is 1. The second-order valence-corrected chi connectivity index (χ2v) is 18.2. The van der Waals surface area contributed by atoms with Crippen LogP contribution < -0.4 is 0 Å². The molecule has 0 unspecified atom stereocenters. The molecule has 15 nitrogen and oxygen atoms in total. The van der Waals surface area contributed by atoms with Crippen LogP contribution >= 0.6 is 0 Å². The average Bonchev–Trinajstić information content (AvgIpc) is 3.10. The van der Waals surface area contributed by atoms with E-state index in [9.17, 15) is 33.9 Å². The molecule has 348 valence electrons. The van der Waals surface area contributed by atoms with E-state index >= 15 is 0 Å². The third kappa shape index (κ3) is 21.7. The number of nitrogens with zero attached hydrogens (tertiary/aromatic N) is 4. The zero-order valence-electron chi connectivity index (χ0n) is 39.5. The van der Waals surface area contributed by atoms with Crippen molar-refractivity contribution >= 4 is 35.9 Å². The number of ether oxygens (including phenoxy) is 3. The fourth-order valence-electron chi connectivity index (χ4n) is 6.00. The molecule has 0 spiro atoms. The van der Waals surface area contributed by atoms with Crippen LogP contribution in [0.15, 0.2) is 30.3 Å². The fraction of sp³-hybridized carbons (Fsp3) is 0.733. The number of carbonyl (C=O) groups excluding carboxylic acids is 5. The van der Waals surface area contributed by atoms with E-state index in [2.05, 4.69) is 0 Å². The van der Waals surface area contributed by atoms with E-state index in [1.54, 1.807) is 69.5 Å². The fourth-order valence-corrected chi connectivity index (χ4v) is 6.00. The van der Waals surface area contributed by atoms with Crippen LogP contribution in [0, 0.1) is 23.7 Å². The predicted octanol–water partition coefficient (Wildman–Crippen LogP) is 7.57. The van der Waals surface area contributed by atoms with Gasteiger partial charge >= 0.3 is 24.1 Å². The molecule has 4 amide bonds.